The Morgan fingerprint density at radius 2 is 0.923 bits per heavy atom. The molecule has 0 aromatic rings. The van der Waals surface area contributed by atoms with Gasteiger partial charge in [-0.3, -0.25) is 9.59 Å². The van der Waals surface area contributed by atoms with Gasteiger partial charge in [0.25, 0.3) is 0 Å². The standard InChI is InChI=1S/2C14H22O2.2C5H8O2.2C2H6O/c1-9(2)14-6-4-13(3,5-7-14)11-10(14)8-16-12(11)15;1-9(2)14-6-4-13(3,5-7-14)10-8-16-12(15)11(10)14;2*1-4(2)5(6)7-3;2*1-3-2/h2*9-11H,4-8H2,1-3H3;2*1H2,2-3H3;2*1-2H3. The van der Waals surface area contributed by atoms with Crippen LogP contribution < -0.4 is 0 Å². The molecule has 2 aliphatic heterocycles. The molecule has 4 unspecified atom stereocenters. The fourth-order valence-corrected chi connectivity index (χ4v) is 9.78. The van der Waals surface area contributed by atoms with Gasteiger partial charge in [-0.05, 0) is 98.7 Å². The minimum absolute atomic E-state index is 0.0944. The normalized spacial score (nSPS) is 33.9. The highest BCUT2D eigenvalue weighted by atomic mass is 16.5. The average Bonchev–Trinajstić information content (AvgIpc) is 3.72. The SMILES string of the molecule is C=C(C)C(=O)OC.C=C(C)C(=O)OC.CC(C)C12CCC(C)(CC1)C1C(=O)OCC12.CC(C)C12CCC(C)(CC1)C1COC(=O)C12.COC.COC. The van der Waals surface area contributed by atoms with Crippen molar-refractivity contribution in [3.8, 4) is 0 Å². The molecule has 10 heteroatoms. The quantitative estimate of drug-likeness (QED) is 0.159. The van der Waals surface area contributed by atoms with Crippen LogP contribution in [0.5, 0.6) is 0 Å². The Balaban J connectivity index is 0.000000351. The Morgan fingerprint density at radius 1 is 0.596 bits per heavy atom. The summed E-state index contributed by atoms with van der Waals surface area (Å²) in [6, 6.07) is 0. The molecule has 8 aliphatic rings. The maximum atomic E-state index is 12.0. The highest BCUT2D eigenvalue weighted by molar-refractivity contribution is 5.87. The Kier molecular flexibility index (Phi) is 18.3. The number of hydrogen-bond acceptors (Lipinski definition) is 10. The van der Waals surface area contributed by atoms with Crippen LogP contribution in [0.25, 0.3) is 0 Å². The van der Waals surface area contributed by atoms with E-state index in [1.807, 2.05) is 0 Å². The fraction of sp³-hybridized carbons (Fsp3) is 0.810. The van der Waals surface area contributed by atoms with Crippen molar-refractivity contribution >= 4 is 23.9 Å². The highest BCUT2D eigenvalue weighted by Gasteiger charge is 2.65. The highest BCUT2D eigenvalue weighted by Crippen LogP contribution is 2.68. The van der Waals surface area contributed by atoms with Crippen molar-refractivity contribution in [1.82, 2.24) is 0 Å². The van der Waals surface area contributed by atoms with Crippen molar-refractivity contribution in [3.05, 3.63) is 24.3 Å². The molecule has 0 spiro atoms. The first-order chi connectivity index (χ1) is 24.2. The van der Waals surface area contributed by atoms with Gasteiger partial charge in [-0.15, -0.1) is 0 Å². The van der Waals surface area contributed by atoms with Gasteiger partial charge in [0, 0.05) is 51.4 Å². The summed E-state index contributed by atoms with van der Waals surface area (Å²) in [5.41, 5.74) is 2.15. The molecular weight excluding hydrogens is 664 g/mol. The van der Waals surface area contributed by atoms with E-state index in [1.54, 1.807) is 42.3 Å². The lowest BCUT2D eigenvalue weighted by Gasteiger charge is -2.59. The van der Waals surface area contributed by atoms with Gasteiger partial charge in [-0.25, -0.2) is 9.59 Å². The Labute approximate surface area is 315 Å². The lowest BCUT2D eigenvalue weighted by molar-refractivity contribution is -0.158. The molecule has 0 aromatic carbocycles. The Bertz CT molecular complexity index is 1190. The smallest absolute Gasteiger partial charge is 0.332 e. The van der Waals surface area contributed by atoms with Crippen molar-refractivity contribution in [2.75, 3.05) is 55.9 Å². The van der Waals surface area contributed by atoms with E-state index in [-0.39, 0.29) is 46.5 Å². The van der Waals surface area contributed by atoms with Gasteiger partial charge >= 0.3 is 23.9 Å². The van der Waals surface area contributed by atoms with Crippen LogP contribution in [0.15, 0.2) is 24.3 Å². The number of carbonyl (C=O) groups excluding carboxylic acids is 4. The predicted molar refractivity (Wildman–Crippen MR) is 203 cm³/mol. The van der Waals surface area contributed by atoms with E-state index in [1.165, 1.54) is 65.6 Å². The van der Waals surface area contributed by atoms with Crippen molar-refractivity contribution in [2.24, 2.45) is 57.2 Å². The number of carbonyl (C=O) groups is 4. The predicted octanol–water partition coefficient (Wildman–Crippen LogP) is 8.02. The topological polar surface area (TPSA) is 124 Å². The molecule has 2 heterocycles. The molecule has 8 rings (SSSR count). The lowest BCUT2D eigenvalue weighted by Crippen LogP contribution is -2.55. The number of hydrogen-bond donors (Lipinski definition) is 0. The van der Waals surface area contributed by atoms with E-state index in [2.05, 4.69) is 73.6 Å². The first-order valence-electron chi connectivity index (χ1n) is 18.8. The van der Waals surface area contributed by atoms with E-state index >= 15 is 0 Å². The maximum Gasteiger partial charge on any atom is 0.332 e. The number of fused-ring (bicyclic) bond motifs is 4. The minimum Gasteiger partial charge on any atom is -0.466 e. The minimum atomic E-state index is -0.347. The molecule has 0 amide bonds. The molecule has 4 bridgehead atoms. The number of esters is 4. The number of rotatable bonds is 4. The van der Waals surface area contributed by atoms with Gasteiger partial charge in [0.15, 0.2) is 0 Å². The first kappa shape index (κ1) is 47.3. The summed E-state index contributed by atoms with van der Waals surface area (Å²) < 4.78 is 27.8. The molecule has 0 radical (unpaired) electrons. The summed E-state index contributed by atoms with van der Waals surface area (Å²) in [5.74, 6) is 2.21. The van der Waals surface area contributed by atoms with Crippen LogP contribution in [-0.4, -0.2) is 79.7 Å². The average molecular weight is 737 g/mol. The number of cyclic esters (lactones) is 2. The van der Waals surface area contributed by atoms with Gasteiger partial charge in [0.05, 0.1) is 39.3 Å². The second-order valence-corrected chi connectivity index (χ2v) is 16.9. The van der Waals surface area contributed by atoms with Crippen LogP contribution in [-0.2, 0) is 47.6 Å². The molecule has 300 valence electrons. The molecule has 2 saturated heterocycles. The van der Waals surface area contributed by atoms with Crippen LogP contribution in [0.3, 0.4) is 0 Å². The Hall–Kier alpha value is -2.72. The van der Waals surface area contributed by atoms with Crippen LogP contribution in [0.4, 0.5) is 0 Å². The van der Waals surface area contributed by atoms with Crippen molar-refractivity contribution < 1.29 is 47.6 Å². The summed E-state index contributed by atoms with van der Waals surface area (Å²) in [4.78, 5) is 44.4. The van der Waals surface area contributed by atoms with E-state index < -0.39 is 0 Å². The molecule has 6 saturated carbocycles. The fourth-order valence-electron chi connectivity index (χ4n) is 9.78. The summed E-state index contributed by atoms with van der Waals surface area (Å²) in [5, 5.41) is 0. The van der Waals surface area contributed by atoms with Crippen LogP contribution in [0.2, 0.25) is 0 Å². The molecule has 6 aliphatic carbocycles. The summed E-state index contributed by atoms with van der Waals surface area (Å²) in [6.45, 7) is 25.2. The van der Waals surface area contributed by atoms with Gasteiger partial charge in [-0.2, -0.15) is 0 Å². The molecule has 52 heavy (non-hydrogen) atoms. The number of ether oxygens (including phenoxy) is 6. The summed E-state index contributed by atoms with van der Waals surface area (Å²) >= 11 is 0. The van der Waals surface area contributed by atoms with Gasteiger partial charge in [-0.1, -0.05) is 54.7 Å². The van der Waals surface area contributed by atoms with Crippen LogP contribution >= 0.6 is 0 Å². The third-order valence-electron chi connectivity index (χ3n) is 13.1. The zero-order valence-corrected chi connectivity index (χ0v) is 35.0. The second-order valence-electron chi connectivity index (χ2n) is 16.9. The largest absolute Gasteiger partial charge is 0.466 e. The Morgan fingerprint density at radius 3 is 1.25 bits per heavy atom. The molecule has 0 aromatic heterocycles. The molecule has 10 nitrogen and oxygen atoms in total. The van der Waals surface area contributed by atoms with E-state index in [0.717, 1.165) is 0 Å². The zero-order chi connectivity index (χ0) is 40.2. The molecule has 8 fully saturated rings. The van der Waals surface area contributed by atoms with Crippen LogP contribution in [0, 0.1) is 57.2 Å². The lowest BCUT2D eigenvalue weighted by atomic mass is 9.43. The third kappa shape index (κ3) is 10.3. The van der Waals surface area contributed by atoms with Crippen molar-refractivity contribution in [3.63, 3.8) is 0 Å². The van der Waals surface area contributed by atoms with Crippen molar-refractivity contribution in [1.29, 1.82) is 0 Å². The van der Waals surface area contributed by atoms with Crippen LogP contribution in [0.1, 0.15) is 107 Å². The van der Waals surface area contributed by atoms with Crippen molar-refractivity contribution in [2.45, 2.75) is 107 Å². The van der Waals surface area contributed by atoms with E-state index in [0.29, 0.717) is 58.9 Å². The number of methoxy groups -OCH3 is 4. The third-order valence-corrected chi connectivity index (χ3v) is 13.1. The van der Waals surface area contributed by atoms with E-state index in [4.69, 9.17) is 9.47 Å². The van der Waals surface area contributed by atoms with Gasteiger partial charge < -0.3 is 28.4 Å². The summed E-state index contributed by atoms with van der Waals surface area (Å²) in [7, 11) is 9.16. The summed E-state index contributed by atoms with van der Waals surface area (Å²) in [6.07, 6.45) is 10.1. The maximum absolute atomic E-state index is 12.0. The molecular formula is C42H72O10. The monoisotopic (exact) mass is 737 g/mol. The molecule has 0 N–H and O–H groups in total. The first-order valence-corrected chi connectivity index (χ1v) is 18.8. The van der Waals surface area contributed by atoms with E-state index in [9.17, 15) is 19.2 Å². The zero-order valence-electron chi connectivity index (χ0n) is 35.0. The van der Waals surface area contributed by atoms with Gasteiger partial charge in [0.2, 0.25) is 0 Å². The molecule has 4 atom stereocenters. The van der Waals surface area contributed by atoms with Gasteiger partial charge in [0.1, 0.15) is 0 Å². The second kappa shape index (κ2) is 20.1.